The Hall–Kier alpha value is -1.92. The van der Waals surface area contributed by atoms with Crippen molar-refractivity contribution in [3.8, 4) is 17.1 Å². The molecule has 1 unspecified atom stereocenters. The van der Waals surface area contributed by atoms with Crippen molar-refractivity contribution >= 4 is 0 Å². The molecule has 0 spiro atoms. The van der Waals surface area contributed by atoms with Gasteiger partial charge in [0.2, 0.25) is 11.7 Å². The summed E-state index contributed by atoms with van der Waals surface area (Å²) in [6.45, 7) is 1.83. The molecule has 4 rings (SSSR count). The van der Waals surface area contributed by atoms with E-state index < -0.39 is 0 Å². The topological polar surface area (TPSA) is 66.6 Å². The lowest BCUT2D eigenvalue weighted by molar-refractivity contribution is -0.165. The van der Waals surface area contributed by atoms with Crippen LogP contribution in [0.1, 0.15) is 43.9 Å². The summed E-state index contributed by atoms with van der Waals surface area (Å²) in [5.41, 5.74) is 0.935. The van der Waals surface area contributed by atoms with Gasteiger partial charge in [-0.25, -0.2) is 0 Å². The van der Waals surface area contributed by atoms with Crippen LogP contribution in [0, 0.1) is 0 Å². The van der Waals surface area contributed by atoms with Crippen LogP contribution >= 0.6 is 0 Å². The zero-order valence-corrected chi connectivity index (χ0v) is 13.6. The number of ether oxygens (including phenoxy) is 3. The maximum Gasteiger partial charge on any atom is 0.230 e. The summed E-state index contributed by atoms with van der Waals surface area (Å²) in [4.78, 5) is 4.45. The second kappa shape index (κ2) is 7.32. The van der Waals surface area contributed by atoms with Gasteiger partial charge in [0, 0.05) is 18.1 Å². The molecule has 1 aromatic carbocycles. The van der Waals surface area contributed by atoms with E-state index in [1.165, 1.54) is 6.42 Å². The molecule has 6 nitrogen and oxygen atoms in total. The van der Waals surface area contributed by atoms with Gasteiger partial charge in [0.25, 0.3) is 0 Å². The molecule has 1 saturated heterocycles. The Morgan fingerprint density at radius 1 is 1.04 bits per heavy atom. The van der Waals surface area contributed by atoms with E-state index in [-0.39, 0.29) is 6.29 Å². The van der Waals surface area contributed by atoms with E-state index in [0.29, 0.717) is 25.0 Å². The minimum absolute atomic E-state index is 0.0661. The van der Waals surface area contributed by atoms with Crippen LogP contribution in [0.2, 0.25) is 0 Å². The van der Waals surface area contributed by atoms with Crippen LogP contribution in [-0.2, 0) is 9.47 Å². The number of nitrogens with zero attached hydrogens (tertiary/aromatic N) is 2. The Bertz CT molecular complexity index is 645. The molecular formula is C18H22N2O4. The first-order valence-electron chi connectivity index (χ1n) is 8.68. The first-order chi connectivity index (χ1) is 11.9. The van der Waals surface area contributed by atoms with E-state index in [1.807, 2.05) is 24.3 Å². The lowest BCUT2D eigenvalue weighted by Gasteiger charge is -2.22. The molecule has 1 atom stereocenters. The van der Waals surface area contributed by atoms with Gasteiger partial charge in [-0.15, -0.1) is 0 Å². The molecule has 2 heterocycles. The predicted octanol–water partition coefficient (Wildman–Crippen LogP) is 3.54. The number of hydrogen-bond donors (Lipinski definition) is 0. The molecule has 2 aromatic rings. The van der Waals surface area contributed by atoms with Crippen molar-refractivity contribution in [2.24, 2.45) is 0 Å². The van der Waals surface area contributed by atoms with Gasteiger partial charge in [0.15, 0.2) is 6.29 Å². The third-order valence-corrected chi connectivity index (χ3v) is 4.27. The van der Waals surface area contributed by atoms with Crippen molar-refractivity contribution in [3.05, 3.63) is 30.2 Å². The van der Waals surface area contributed by atoms with Crippen molar-refractivity contribution in [1.82, 2.24) is 10.1 Å². The van der Waals surface area contributed by atoms with Crippen LogP contribution in [0.5, 0.6) is 5.75 Å². The van der Waals surface area contributed by atoms with Crippen LogP contribution in [0.3, 0.4) is 0 Å². The van der Waals surface area contributed by atoms with E-state index >= 15 is 0 Å². The summed E-state index contributed by atoms with van der Waals surface area (Å²) in [6.07, 6.45) is 5.52. The van der Waals surface area contributed by atoms with Gasteiger partial charge in [-0.05, 0) is 56.4 Å². The predicted molar refractivity (Wildman–Crippen MR) is 86.7 cm³/mol. The molecule has 0 N–H and O–H groups in total. The highest BCUT2D eigenvalue weighted by atomic mass is 16.7. The largest absolute Gasteiger partial charge is 0.491 e. The minimum Gasteiger partial charge on any atom is -0.491 e. The molecule has 0 radical (unpaired) electrons. The van der Waals surface area contributed by atoms with Crippen LogP contribution in [-0.4, -0.2) is 36.3 Å². The third-order valence-electron chi connectivity index (χ3n) is 4.27. The standard InChI is InChI=1S/C18H22N2O4/c1-2-10-22-16(3-1)23-12-11-21-15-8-6-13(7-9-15)17-19-18(24-20-17)14-4-5-14/h6-9,14,16H,1-5,10-12H2. The molecule has 1 aromatic heterocycles. The molecule has 2 fully saturated rings. The summed E-state index contributed by atoms with van der Waals surface area (Å²) in [7, 11) is 0. The fraction of sp³-hybridized carbons (Fsp3) is 0.556. The Labute approximate surface area is 141 Å². The maximum absolute atomic E-state index is 5.70. The molecule has 0 amide bonds. The highest BCUT2D eigenvalue weighted by molar-refractivity contribution is 5.55. The second-order valence-electron chi connectivity index (χ2n) is 6.27. The van der Waals surface area contributed by atoms with E-state index in [2.05, 4.69) is 10.1 Å². The Morgan fingerprint density at radius 3 is 2.67 bits per heavy atom. The van der Waals surface area contributed by atoms with Crippen molar-refractivity contribution in [1.29, 1.82) is 0 Å². The maximum atomic E-state index is 5.70. The van der Waals surface area contributed by atoms with E-state index in [9.17, 15) is 0 Å². The number of rotatable bonds is 7. The Kier molecular flexibility index (Phi) is 4.76. The van der Waals surface area contributed by atoms with Crippen LogP contribution in [0.15, 0.2) is 28.8 Å². The quantitative estimate of drug-likeness (QED) is 0.724. The van der Waals surface area contributed by atoms with Gasteiger partial charge in [0.05, 0.1) is 6.61 Å². The average molecular weight is 330 g/mol. The molecule has 128 valence electrons. The molecule has 6 heteroatoms. The lowest BCUT2D eigenvalue weighted by atomic mass is 10.2. The minimum atomic E-state index is -0.0661. The van der Waals surface area contributed by atoms with Crippen molar-refractivity contribution in [2.45, 2.75) is 44.3 Å². The van der Waals surface area contributed by atoms with E-state index in [0.717, 1.165) is 49.5 Å². The van der Waals surface area contributed by atoms with Crippen LogP contribution in [0.4, 0.5) is 0 Å². The SMILES string of the molecule is c1cc(-c2noc(C3CC3)n2)ccc1OCCOC1CCCCO1. The summed E-state index contributed by atoms with van der Waals surface area (Å²) < 4.78 is 22.2. The molecule has 24 heavy (non-hydrogen) atoms. The van der Waals surface area contributed by atoms with Crippen molar-refractivity contribution < 1.29 is 18.7 Å². The lowest BCUT2D eigenvalue weighted by Crippen LogP contribution is -2.24. The number of hydrogen-bond acceptors (Lipinski definition) is 6. The second-order valence-corrected chi connectivity index (χ2v) is 6.27. The fourth-order valence-electron chi connectivity index (χ4n) is 2.73. The normalized spacial score (nSPS) is 20.9. The molecule has 1 aliphatic heterocycles. The summed E-state index contributed by atoms with van der Waals surface area (Å²) >= 11 is 0. The summed E-state index contributed by atoms with van der Waals surface area (Å²) in [5, 5.41) is 4.04. The highest BCUT2D eigenvalue weighted by Gasteiger charge is 2.29. The first kappa shape index (κ1) is 15.6. The molecule has 0 bridgehead atoms. The van der Waals surface area contributed by atoms with E-state index in [4.69, 9.17) is 18.7 Å². The average Bonchev–Trinajstić information content (AvgIpc) is 3.37. The van der Waals surface area contributed by atoms with Crippen molar-refractivity contribution in [3.63, 3.8) is 0 Å². The van der Waals surface area contributed by atoms with Crippen molar-refractivity contribution in [2.75, 3.05) is 19.8 Å². The number of aromatic nitrogens is 2. The zero-order chi connectivity index (χ0) is 16.2. The Morgan fingerprint density at radius 2 is 1.92 bits per heavy atom. The smallest absolute Gasteiger partial charge is 0.230 e. The van der Waals surface area contributed by atoms with Gasteiger partial charge in [-0.2, -0.15) is 4.98 Å². The summed E-state index contributed by atoms with van der Waals surface area (Å²) in [6, 6.07) is 7.73. The number of benzene rings is 1. The van der Waals surface area contributed by atoms with Crippen LogP contribution < -0.4 is 4.74 Å². The van der Waals surface area contributed by atoms with Gasteiger partial charge >= 0.3 is 0 Å². The highest BCUT2D eigenvalue weighted by Crippen LogP contribution is 2.39. The molecule has 1 aliphatic carbocycles. The van der Waals surface area contributed by atoms with Gasteiger partial charge in [0.1, 0.15) is 12.4 Å². The fourth-order valence-corrected chi connectivity index (χ4v) is 2.73. The van der Waals surface area contributed by atoms with E-state index in [1.54, 1.807) is 0 Å². The zero-order valence-electron chi connectivity index (χ0n) is 13.6. The van der Waals surface area contributed by atoms with Crippen LogP contribution in [0.25, 0.3) is 11.4 Å². The molecular weight excluding hydrogens is 308 g/mol. The van der Waals surface area contributed by atoms with Gasteiger partial charge in [-0.3, -0.25) is 0 Å². The molecule has 1 saturated carbocycles. The monoisotopic (exact) mass is 330 g/mol. The summed E-state index contributed by atoms with van der Waals surface area (Å²) in [5.74, 6) is 2.67. The van der Waals surface area contributed by atoms with Gasteiger partial charge in [-0.1, -0.05) is 5.16 Å². The third kappa shape index (κ3) is 3.94. The van der Waals surface area contributed by atoms with Gasteiger partial charge < -0.3 is 18.7 Å². The molecule has 2 aliphatic rings. The first-order valence-corrected chi connectivity index (χ1v) is 8.68. The Balaban J connectivity index is 1.24.